The zero-order valence-electron chi connectivity index (χ0n) is 23.3. The molecule has 4 rings (SSSR count). The molecule has 2 aliphatic heterocycles. The summed E-state index contributed by atoms with van der Waals surface area (Å²) in [7, 11) is 0. The molecular formula is C31H38N2O5. The molecule has 2 aliphatic rings. The zero-order chi connectivity index (χ0) is 27.8. The third kappa shape index (κ3) is 5.63. The molecule has 0 saturated heterocycles. The van der Waals surface area contributed by atoms with Gasteiger partial charge in [-0.25, -0.2) is 9.59 Å². The number of benzene rings is 2. The van der Waals surface area contributed by atoms with Crippen molar-refractivity contribution in [1.82, 2.24) is 10.6 Å². The van der Waals surface area contributed by atoms with E-state index in [1.807, 2.05) is 19.9 Å². The van der Waals surface area contributed by atoms with Crippen molar-refractivity contribution in [2.45, 2.75) is 72.4 Å². The second kappa shape index (κ2) is 10.7. The number of aromatic hydroxyl groups is 1. The number of hydrogen-bond donors (Lipinski definition) is 3. The lowest BCUT2D eigenvalue weighted by Gasteiger charge is -2.38. The SMILES string of the molecule is CCOC(=O)C1=C(CNC(C)(C)C)NC2=C(C(=O)OC(c3c(C)cc(C)cc3C)C2)C1c1cccc(O)c1. The summed E-state index contributed by atoms with van der Waals surface area (Å²) in [5.74, 6) is -1.69. The number of hydrogen-bond acceptors (Lipinski definition) is 7. The van der Waals surface area contributed by atoms with Crippen LogP contribution < -0.4 is 10.6 Å². The molecular weight excluding hydrogens is 480 g/mol. The fraction of sp³-hybridized carbons (Fsp3) is 0.419. The van der Waals surface area contributed by atoms with Gasteiger partial charge < -0.3 is 25.2 Å². The topological polar surface area (TPSA) is 96.9 Å². The number of dihydropyridines is 1. The van der Waals surface area contributed by atoms with E-state index in [0.29, 0.717) is 35.4 Å². The Morgan fingerprint density at radius 1 is 1.16 bits per heavy atom. The molecule has 0 aliphatic carbocycles. The molecule has 2 atom stereocenters. The van der Waals surface area contributed by atoms with Crippen molar-refractivity contribution < 1.29 is 24.2 Å². The Balaban J connectivity index is 1.87. The third-order valence-corrected chi connectivity index (χ3v) is 6.94. The molecule has 0 bridgehead atoms. The van der Waals surface area contributed by atoms with E-state index in [0.717, 1.165) is 28.0 Å². The highest BCUT2D eigenvalue weighted by Gasteiger charge is 2.44. The number of cyclic esters (lactones) is 1. The Kier molecular flexibility index (Phi) is 7.70. The van der Waals surface area contributed by atoms with E-state index in [4.69, 9.17) is 9.47 Å². The minimum absolute atomic E-state index is 0.0497. The second-order valence-electron chi connectivity index (χ2n) is 11.2. The van der Waals surface area contributed by atoms with E-state index < -0.39 is 24.0 Å². The van der Waals surface area contributed by atoms with Crippen molar-refractivity contribution in [2.75, 3.05) is 13.2 Å². The first-order chi connectivity index (χ1) is 17.9. The minimum atomic E-state index is -0.747. The predicted molar refractivity (Wildman–Crippen MR) is 147 cm³/mol. The summed E-state index contributed by atoms with van der Waals surface area (Å²) in [6.45, 7) is 14.6. The van der Waals surface area contributed by atoms with Crippen molar-refractivity contribution in [1.29, 1.82) is 0 Å². The summed E-state index contributed by atoms with van der Waals surface area (Å²) < 4.78 is 11.5. The van der Waals surface area contributed by atoms with Gasteiger partial charge >= 0.3 is 11.9 Å². The quantitative estimate of drug-likeness (QED) is 0.455. The van der Waals surface area contributed by atoms with Crippen LogP contribution in [0.25, 0.3) is 0 Å². The lowest BCUT2D eigenvalue weighted by atomic mass is 9.77. The molecule has 7 nitrogen and oxygen atoms in total. The Hall–Kier alpha value is -3.58. The van der Waals surface area contributed by atoms with Crippen molar-refractivity contribution in [3.8, 4) is 5.75 Å². The Labute approximate surface area is 224 Å². The van der Waals surface area contributed by atoms with Crippen LogP contribution >= 0.6 is 0 Å². The number of phenols is 1. The van der Waals surface area contributed by atoms with Gasteiger partial charge in [-0.05, 0) is 82.9 Å². The molecule has 3 N–H and O–H groups in total. The average molecular weight is 519 g/mol. The highest BCUT2D eigenvalue weighted by molar-refractivity contribution is 6.00. The van der Waals surface area contributed by atoms with Gasteiger partial charge in [0.05, 0.1) is 23.7 Å². The van der Waals surface area contributed by atoms with Crippen LogP contribution in [0.5, 0.6) is 5.75 Å². The van der Waals surface area contributed by atoms with E-state index in [-0.39, 0.29) is 17.9 Å². The maximum absolute atomic E-state index is 13.7. The maximum atomic E-state index is 13.7. The molecule has 0 radical (unpaired) electrons. The Morgan fingerprint density at radius 3 is 2.45 bits per heavy atom. The average Bonchev–Trinajstić information content (AvgIpc) is 2.80. The summed E-state index contributed by atoms with van der Waals surface area (Å²) in [5, 5.41) is 17.2. The minimum Gasteiger partial charge on any atom is -0.508 e. The first kappa shape index (κ1) is 27.5. The van der Waals surface area contributed by atoms with Gasteiger partial charge in [0, 0.05) is 29.9 Å². The maximum Gasteiger partial charge on any atom is 0.337 e. The summed E-state index contributed by atoms with van der Waals surface area (Å²) in [5.41, 5.74) is 6.78. The molecule has 0 saturated carbocycles. The van der Waals surface area contributed by atoms with Gasteiger partial charge in [-0.2, -0.15) is 0 Å². The van der Waals surface area contributed by atoms with Crippen molar-refractivity contribution >= 4 is 11.9 Å². The fourth-order valence-corrected chi connectivity index (χ4v) is 5.47. The molecule has 202 valence electrons. The molecule has 2 heterocycles. The number of phenolic OH excluding ortho intramolecular Hbond substituents is 1. The number of nitrogens with one attached hydrogen (secondary N) is 2. The number of esters is 2. The molecule has 0 spiro atoms. The molecule has 38 heavy (non-hydrogen) atoms. The van der Waals surface area contributed by atoms with Crippen molar-refractivity contribution in [3.05, 3.63) is 86.8 Å². The Bertz CT molecular complexity index is 1310. The fourth-order valence-electron chi connectivity index (χ4n) is 5.47. The second-order valence-corrected chi connectivity index (χ2v) is 11.2. The summed E-state index contributed by atoms with van der Waals surface area (Å²) >= 11 is 0. The molecule has 2 aromatic rings. The van der Waals surface area contributed by atoms with Gasteiger partial charge in [0.15, 0.2) is 0 Å². The summed E-state index contributed by atoms with van der Waals surface area (Å²) in [4.78, 5) is 27.2. The van der Waals surface area contributed by atoms with Crippen LogP contribution in [0.2, 0.25) is 0 Å². The van der Waals surface area contributed by atoms with E-state index in [9.17, 15) is 14.7 Å². The molecule has 0 aromatic heterocycles. The van der Waals surface area contributed by atoms with Crippen LogP contribution in [0.3, 0.4) is 0 Å². The third-order valence-electron chi connectivity index (χ3n) is 6.94. The zero-order valence-corrected chi connectivity index (χ0v) is 23.3. The Morgan fingerprint density at radius 2 is 1.84 bits per heavy atom. The van der Waals surface area contributed by atoms with Gasteiger partial charge in [-0.1, -0.05) is 29.8 Å². The first-order valence-corrected chi connectivity index (χ1v) is 13.1. The van der Waals surface area contributed by atoms with E-state index >= 15 is 0 Å². The van der Waals surface area contributed by atoms with Crippen LogP contribution in [0.4, 0.5) is 0 Å². The number of carbonyl (C=O) groups is 2. The molecule has 7 heteroatoms. The van der Waals surface area contributed by atoms with Crippen LogP contribution in [0.1, 0.15) is 74.0 Å². The lowest BCUT2D eigenvalue weighted by Crippen LogP contribution is -2.44. The van der Waals surface area contributed by atoms with E-state index in [1.54, 1.807) is 25.1 Å². The van der Waals surface area contributed by atoms with Crippen molar-refractivity contribution in [3.63, 3.8) is 0 Å². The lowest BCUT2D eigenvalue weighted by molar-refractivity contribution is -0.147. The molecule has 0 fully saturated rings. The first-order valence-electron chi connectivity index (χ1n) is 13.1. The van der Waals surface area contributed by atoms with Crippen LogP contribution in [-0.2, 0) is 19.1 Å². The number of ether oxygens (including phenoxy) is 2. The van der Waals surface area contributed by atoms with Gasteiger partial charge in [0.25, 0.3) is 0 Å². The number of rotatable bonds is 6. The van der Waals surface area contributed by atoms with Crippen LogP contribution in [-0.4, -0.2) is 35.7 Å². The van der Waals surface area contributed by atoms with Gasteiger partial charge in [-0.15, -0.1) is 0 Å². The molecule has 2 unspecified atom stereocenters. The normalized spacial score (nSPS) is 19.6. The predicted octanol–water partition coefficient (Wildman–Crippen LogP) is 5.15. The standard InChI is InChI=1S/C31H38N2O5/c1-8-37-29(35)28-23(16-32-31(5,6)7)33-22-15-24(25-18(3)12-17(2)13-19(25)4)38-30(36)27(22)26(28)20-10-9-11-21(34)14-20/h9-14,24,26,32-34H,8,15-16H2,1-7H3. The molecule has 2 aromatic carbocycles. The van der Waals surface area contributed by atoms with Crippen LogP contribution in [0, 0.1) is 20.8 Å². The highest BCUT2D eigenvalue weighted by Crippen LogP contribution is 2.46. The molecule has 0 amide bonds. The van der Waals surface area contributed by atoms with E-state index in [1.165, 1.54) is 0 Å². The van der Waals surface area contributed by atoms with Crippen LogP contribution in [0.15, 0.2) is 58.9 Å². The largest absolute Gasteiger partial charge is 0.508 e. The monoisotopic (exact) mass is 518 g/mol. The van der Waals surface area contributed by atoms with Gasteiger partial charge in [0.1, 0.15) is 11.9 Å². The van der Waals surface area contributed by atoms with E-state index in [2.05, 4.69) is 50.5 Å². The number of carbonyl (C=O) groups excluding carboxylic acids is 2. The van der Waals surface area contributed by atoms with Gasteiger partial charge in [0.2, 0.25) is 0 Å². The highest BCUT2D eigenvalue weighted by atomic mass is 16.5. The van der Waals surface area contributed by atoms with Gasteiger partial charge in [-0.3, -0.25) is 0 Å². The summed E-state index contributed by atoms with van der Waals surface area (Å²) in [6, 6.07) is 10.9. The smallest absolute Gasteiger partial charge is 0.337 e. The number of aryl methyl sites for hydroxylation is 3. The van der Waals surface area contributed by atoms with Crippen molar-refractivity contribution in [2.24, 2.45) is 0 Å². The summed E-state index contributed by atoms with van der Waals surface area (Å²) in [6.07, 6.45) is -0.0175.